The number of H-pyrrole nitrogens is 1. The number of aryl methyl sites for hydroxylation is 1. The molecule has 0 bridgehead atoms. The Balaban J connectivity index is 1.39. The van der Waals surface area contributed by atoms with E-state index in [9.17, 15) is 29.8 Å². The maximum atomic E-state index is 13.4. The Kier molecular flexibility index (Phi) is 13.5. The molecule has 19 heteroatoms. The second-order valence-electron chi connectivity index (χ2n) is 11.0. The molecule has 4 rings (SSSR count). The molecule has 0 aliphatic heterocycles. The number of nitrogens with zero attached hydrogens (tertiary/aromatic N) is 7. The van der Waals surface area contributed by atoms with E-state index in [1.165, 1.54) is 6.92 Å². The van der Waals surface area contributed by atoms with Gasteiger partial charge in [0.25, 0.3) is 10.2 Å². The molecule has 1 N–H and O–H groups in total. The number of halogens is 1. The number of nitrogens with one attached hydrogen (secondary N) is 1. The number of carbonyl (C=O) groups is 2. The van der Waals surface area contributed by atoms with Crippen LogP contribution in [-0.2, 0) is 36.9 Å². The highest BCUT2D eigenvalue weighted by Crippen LogP contribution is 2.30. The molecule has 2 aromatic heterocycles. The number of unbranched alkanes of at least 4 members (excludes halogenated alkanes) is 2. The minimum atomic E-state index is -1.29. The summed E-state index contributed by atoms with van der Waals surface area (Å²) in [7, 11) is 0. The quantitative estimate of drug-likeness (QED) is 0.0560. The fourth-order valence-corrected chi connectivity index (χ4v) is 5.28. The van der Waals surface area contributed by atoms with Gasteiger partial charge in [-0.05, 0) is 59.7 Å². The zero-order valence-electron chi connectivity index (χ0n) is 27.2. The van der Waals surface area contributed by atoms with Crippen LogP contribution in [0.1, 0.15) is 67.8 Å². The van der Waals surface area contributed by atoms with Crippen molar-refractivity contribution in [3.8, 4) is 22.5 Å². The molecule has 0 aliphatic rings. The number of ether oxygens (including phenoxy) is 2. The van der Waals surface area contributed by atoms with Crippen molar-refractivity contribution in [2.24, 2.45) is 0 Å². The van der Waals surface area contributed by atoms with Gasteiger partial charge < -0.3 is 23.7 Å². The van der Waals surface area contributed by atoms with Crippen LogP contribution >= 0.6 is 11.6 Å². The first kappa shape index (κ1) is 37.2. The van der Waals surface area contributed by atoms with Gasteiger partial charge in [-0.2, -0.15) is 0 Å². The summed E-state index contributed by atoms with van der Waals surface area (Å²) in [5.74, 6) is -0.546. The topological polar surface area (TPSA) is 230 Å². The van der Waals surface area contributed by atoms with Gasteiger partial charge >= 0.3 is 11.9 Å². The molecule has 0 unspecified atom stereocenters. The highest BCUT2D eigenvalue weighted by Gasteiger charge is 2.28. The van der Waals surface area contributed by atoms with E-state index in [1.807, 2.05) is 55.5 Å². The van der Waals surface area contributed by atoms with Crippen molar-refractivity contribution in [1.82, 2.24) is 30.2 Å². The van der Waals surface area contributed by atoms with Crippen molar-refractivity contribution in [2.45, 2.75) is 71.1 Å². The zero-order chi connectivity index (χ0) is 36.0. The predicted molar refractivity (Wildman–Crippen MR) is 175 cm³/mol. The molecule has 0 saturated carbocycles. The van der Waals surface area contributed by atoms with Gasteiger partial charge in [-0.1, -0.05) is 73.5 Å². The fraction of sp³-hybridized carbons (Fsp3) is 0.419. The van der Waals surface area contributed by atoms with Gasteiger partial charge in [-0.15, -0.1) is 25.3 Å². The Morgan fingerprint density at radius 1 is 1.02 bits per heavy atom. The maximum absolute atomic E-state index is 13.4. The van der Waals surface area contributed by atoms with Crippen molar-refractivity contribution < 1.29 is 38.9 Å². The number of aromatic nitrogens is 6. The molecule has 0 saturated heterocycles. The number of tetrazole rings is 1. The maximum Gasteiger partial charge on any atom is 0.359 e. The van der Waals surface area contributed by atoms with Crippen molar-refractivity contribution in [3.63, 3.8) is 0 Å². The summed E-state index contributed by atoms with van der Waals surface area (Å²) in [5.41, 5.74) is 3.54. The number of rotatable bonds is 20. The predicted octanol–water partition coefficient (Wildman–Crippen LogP) is 4.82. The second-order valence-corrected chi connectivity index (χ2v) is 11.4. The Hall–Kier alpha value is -5.65. The van der Waals surface area contributed by atoms with E-state index in [1.54, 1.807) is 4.57 Å². The van der Waals surface area contributed by atoms with Gasteiger partial charge in [-0.3, -0.25) is 0 Å². The molecule has 0 spiro atoms. The fourth-order valence-electron chi connectivity index (χ4n) is 5.01. The van der Waals surface area contributed by atoms with E-state index in [0.717, 1.165) is 35.1 Å². The van der Waals surface area contributed by atoms with Gasteiger partial charge in [-0.25, -0.2) is 19.7 Å². The minimum absolute atomic E-state index is 0.00145. The summed E-state index contributed by atoms with van der Waals surface area (Å²) in [6.07, 6.45) is 0.349. The van der Waals surface area contributed by atoms with Gasteiger partial charge in [0.2, 0.25) is 0 Å². The Morgan fingerprint density at radius 3 is 2.42 bits per heavy atom. The minimum Gasteiger partial charge on any atom is -0.463 e. The summed E-state index contributed by atoms with van der Waals surface area (Å²) >= 11 is 6.47. The third-order valence-electron chi connectivity index (χ3n) is 7.47. The van der Waals surface area contributed by atoms with Gasteiger partial charge in [0, 0.05) is 18.5 Å². The second kappa shape index (κ2) is 18.2. The average molecular weight is 715 g/mol. The largest absolute Gasteiger partial charge is 0.463 e. The van der Waals surface area contributed by atoms with Crippen LogP contribution < -0.4 is 0 Å². The van der Waals surface area contributed by atoms with Crippen LogP contribution in [0, 0.1) is 20.2 Å². The normalized spacial score (nSPS) is 12.1. The first-order chi connectivity index (χ1) is 24.1. The van der Waals surface area contributed by atoms with Crippen LogP contribution in [0.3, 0.4) is 0 Å². The number of benzene rings is 2. The SMILES string of the molecule is CCCCc1nc(Cl)c(C(=O)O[C@H](C)C(=O)OCCCC[C@H](CO[N+](=O)[O-])O[N+](=O)[O-])n1Cc1ccc(-c2ccccc2-c2nnn[nH]2)cc1. The van der Waals surface area contributed by atoms with E-state index < -0.39 is 40.9 Å². The average Bonchev–Trinajstić information content (AvgIpc) is 3.74. The van der Waals surface area contributed by atoms with Gasteiger partial charge in [0.15, 0.2) is 22.8 Å². The molecule has 2 aromatic carbocycles. The summed E-state index contributed by atoms with van der Waals surface area (Å²) in [4.78, 5) is 60.0. The first-order valence-corrected chi connectivity index (χ1v) is 16.1. The molecular formula is C31H35ClN8O10. The van der Waals surface area contributed by atoms with Gasteiger partial charge in [0.1, 0.15) is 18.5 Å². The number of carbonyl (C=O) groups excluding carboxylic acids is 2. The first-order valence-electron chi connectivity index (χ1n) is 15.7. The monoisotopic (exact) mass is 714 g/mol. The summed E-state index contributed by atoms with van der Waals surface area (Å²) in [5, 5.41) is 33.0. The van der Waals surface area contributed by atoms with E-state index in [-0.39, 0.29) is 43.3 Å². The van der Waals surface area contributed by atoms with Crippen molar-refractivity contribution in [3.05, 3.63) is 91.0 Å². The lowest BCUT2D eigenvalue weighted by Crippen LogP contribution is -2.28. The Bertz CT molecular complexity index is 1750. The van der Waals surface area contributed by atoms with E-state index >= 15 is 0 Å². The van der Waals surface area contributed by atoms with Gasteiger partial charge in [0.05, 0.1) is 6.61 Å². The van der Waals surface area contributed by atoms with E-state index in [4.69, 9.17) is 21.1 Å². The molecule has 50 heavy (non-hydrogen) atoms. The van der Waals surface area contributed by atoms with Crippen LogP contribution in [0.25, 0.3) is 22.5 Å². The van der Waals surface area contributed by atoms with Crippen LogP contribution in [-0.4, -0.2) is 77.7 Å². The van der Waals surface area contributed by atoms with E-state index in [2.05, 4.69) is 35.3 Å². The number of esters is 2. The number of hydrogen-bond donors (Lipinski definition) is 1. The molecule has 266 valence electrons. The van der Waals surface area contributed by atoms with E-state index in [0.29, 0.717) is 18.1 Å². The molecule has 18 nitrogen and oxygen atoms in total. The van der Waals surface area contributed by atoms with Crippen LogP contribution in [0.5, 0.6) is 0 Å². The van der Waals surface area contributed by atoms with Crippen molar-refractivity contribution in [2.75, 3.05) is 13.2 Å². The number of aromatic amines is 1. The lowest BCUT2D eigenvalue weighted by Gasteiger charge is -2.16. The van der Waals surface area contributed by atoms with Crippen molar-refractivity contribution >= 4 is 23.5 Å². The Morgan fingerprint density at radius 2 is 1.76 bits per heavy atom. The summed E-state index contributed by atoms with van der Waals surface area (Å²) < 4.78 is 12.3. The lowest BCUT2D eigenvalue weighted by atomic mass is 9.98. The molecule has 2 atom stereocenters. The van der Waals surface area contributed by atoms with Crippen molar-refractivity contribution in [1.29, 1.82) is 0 Å². The summed E-state index contributed by atoms with van der Waals surface area (Å²) in [6, 6.07) is 15.5. The Labute approximate surface area is 290 Å². The zero-order valence-corrected chi connectivity index (χ0v) is 28.0. The lowest BCUT2D eigenvalue weighted by molar-refractivity contribution is -0.790. The number of hydrogen-bond acceptors (Lipinski definition) is 14. The third kappa shape index (κ3) is 10.4. The molecule has 0 amide bonds. The third-order valence-corrected chi connectivity index (χ3v) is 7.73. The van der Waals surface area contributed by atoms with Crippen LogP contribution in [0.4, 0.5) is 0 Å². The molecular weight excluding hydrogens is 680 g/mol. The number of imidazole rings is 1. The highest BCUT2D eigenvalue weighted by atomic mass is 35.5. The standard InChI is InChI=1S/C31H35ClN8O10/c1-3-4-12-26-33-28(32)27(31(42)49-20(2)30(41)47-17-8-7-9-23(50-40(45)46)19-48-39(43)44)38(26)18-21-13-15-22(16-14-21)24-10-5-6-11-25(24)29-34-36-37-35-29/h5-6,10-11,13-16,20,23H,3-4,7-9,12,17-19H2,1-2H3,(H,34,35,36,37)/t20-,23-/m1/s1. The molecule has 4 aromatic rings. The smallest absolute Gasteiger partial charge is 0.359 e. The summed E-state index contributed by atoms with van der Waals surface area (Å²) in [6.45, 7) is 2.92. The van der Waals surface area contributed by atoms with Crippen LogP contribution in [0.15, 0.2) is 48.5 Å². The molecule has 0 radical (unpaired) electrons. The molecule has 0 aliphatic carbocycles. The molecule has 0 fully saturated rings. The van der Waals surface area contributed by atoms with Crippen LogP contribution in [0.2, 0.25) is 5.15 Å². The highest BCUT2D eigenvalue weighted by molar-refractivity contribution is 6.32. The molecule has 2 heterocycles.